The van der Waals surface area contributed by atoms with Crippen molar-refractivity contribution in [2.45, 2.75) is 17.7 Å². The van der Waals surface area contributed by atoms with Crippen LogP contribution in [-0.4, -0.2) is 83.6 Å². The molecule has 2 atom stereocenters. The molecule has 0 spiro atoms. The molecule has 27 heavy (non-hydrogen) atoms. The van der Waals surface area contributed by atoms with Crippen LogP contribution in [0.1, 0.15) is 5.56 Å². The maximum atomic E-state index is 13.4. The number of ether oxygens (including phenoxy) is 1. The van der Waals surface area contributed by atoms with Gasteiger partial charge < -0.3 is 9.64 Å². The Morgan fingerprint density at radius 2 is 1.81 bits per heavy atom. The number of imide groups is 1. The SMILES string of the molecule is COC(=O)C1=CC23C(=O)N(C)C(=O)N(C)C12N(C)CN3Cc1ccccc1. The number of carbonyl (C=O) groups excluding carboxylic acids is 3. The number of esters is 1. The monoisotopic (exact) mass is 370 g/mol. The zero-order chi connectivity index (χ0) is 19.6. The molecule has 0 saturated carbocycles. The molecular formula is C19H22N4O4. The Bertz CT molecular complexity index is 870. The molecule has 142 valence electrons. The highest BCUT2D eigenvalue weighted by atomic mass is 16.5. The minimum Gasteiger partial charge on any atom is -0.466 e. The molecule has 1 aliphatic carbocycles. The second-order valence-electron chi connectivity index (χ2n) is 7.22. The molecule has 2 saturated heterocycles. The van der Waals surface area contributed by atoms with Crippen LogP contribution >= 0.6 is 0 Å². The van der Waals surface area contributed by atoms with Gasteiger partial charge in [0.2, 0.25) is 0 Å². The number of rotatable bonds is 3. The molecule has 1 aromatic carbocycles. The maximum absolute atomic E-state index is 13.4. The van der Waals surface area contributed by atoms with Crippen molar-refractivity contribution in [1.29, 1.82) is 0 Å². The van der Waals surface area contributed by atoms with E-state index in [-0.39, 0.29) is 5.91 Å². The Kier molecular flexibility index (Phi) is 3.70. The van der Waals surface area contributed by atoms with Gasteiger partial charge in [-0.15, -0.1) is 0 Å². The first-order chi connectivity index (χ1) is 12.8. The average molecular weight is 370 g/mol. The Labute approximate surface area is 157 Å². The van der Waals surface area contributed by atoms with Gasteiger partial charge in [0.1, 0.15) is 0 Å². The number of nitrogens with zero attached hydrogens (tertiary/aromatic N) is 4. The topological polar surface area (TPSA) is 73.4 Å². The van der Waals surface area contributed by atoms with Gasteiger partial charge in [-0.2, -0.15) is 0 Å². The van der Waals surface area contributed by atoms with E-state index in [9.17, 15) is 14.4 Å². The molecule has 0 aromatic heterocycles. The van der Waals surface area contributed by atoms with Gasteiger partial charge in [0.25, 0.3) is 5.91 Å². The first-order valence-electron chi connectivity index (χ1n) is 8.70. The Morgan fingerprint density at radius 3 is 2.44 bits per heavy atom. The molecule has 0 bridgehead atoms. The van der Waals surface area contributed by atoms with Gasteiger partial charge in [0, 0.05) is 20.6 Å². The smallest absolute Gasteiger partial charge is 0.337 e. The van der Waals surface area contributed by atoms with Crippen molar-refractivity contribution in [2.24, 2.45) is 0 Å². The minimum atomic E-state index is -1.17. The van der Waals surface area contributed by atoms with Gasteiger partial charge in [-0.3, -0.25) is 19.5 Å². The first kappa shape index (κ1) is 17.7. The summed E-state index contributed by atoms with van der Waals surface area (Å²) in [5.41, 5.74) is -0.931. The van der Waals surface area contributed by atoms with Gasteiger partial charge in [-0.1, -0.05) is 30.3 Å². The van der Waals surface area contributed by atoms with Crippen LogP contribution in [0.25, 0.3) is 0 Å². The molecule has 0 N–H and O–H groups in total. The summed E-state index contributed by atoms with van der Waals surface area (Å²) in [6.07, 6.45) is 1.66. The predicted molar refractivity (Wildman–Crippen MR) is 96.1 cm³/mol. The molecule has 1 aromatic rings. The lowest BCUT2D eigenvalue weighted by atomic mass is 9.64. The molecule has 8 heteroatoms. The van der Waals surface area contributed by atoms with Crippen molar-refractivity contribution in [3.05, 3.63) is 47.5 Å². The van der Waals surface area contributed by atoms with Crippen LogP contribution in [0.3, 0.4) is 0 Å². The molecular weight excluding hydrogens is 348 g/mol. The van der Waals surface area contributed by atoms with E-state index in [0.29, 0.717) is 18.8 Å². The van der Waals surface area contributed by atoms with E-state index in [1.165, 1.54) is 19.1 Å². The van der Waals surface area contributed by atoms with E-state index in [4.69, 9.17) is 4.74 Å². The number of urea groups is 1. The Morgan fingerprint density at radius 1 is 1.15 bits per heavy atom. The van der Waals surface area contributed by atoms with Gasteiger partial charge in [0.15, 0.2) is 11.2 Å². The van der Waals surface area contributed by atoms with E-state index in [0.717, 1.165) is 10.5 Å². The summed E-state index contributed by atoms with van der Waals surface area (Å²) in [6, 6.07) is 9.37. The normalized spacial score (nSPS) is 30.6. The third-order valence-electron chi connectivity index (χ3n) is 6.01. The molecule has 3 aliphatic rings. The summed E-state index contributed by atoms with van der Waals surface area (Å²) in [5.74, 6) is -0.866. The molecule has 8 nitrogen and oxygen atoms in total. The lowest BCUT2D eigenvalue weighted by molar-refractivity contribution is -0.158. The van der Waals surface area contributed by atoms with Crippen LogP contribution in [-0.2, 0) is 20.9 Å². The van der Waals surface area contributed by atoms with E-state index in [1.807, 2.05) is 47.2 Å². The Hall–Kier alpha value is -2.71. The number of carbonyl (C=O) groups is 3. The molecule has 3 amide bonds. The standard InChI is InChI=1S/C19H22N4O4/c1-20-12-23(11-13-8-6-5-7-9-13)18-10-14(15(24)27-4)19(18,20)22(3)17(26)21(2)16(18)25/h5-10H,11-12H2,1-4H3. The lowest BCUT2D eigenvalue weighted by Gasteiger charge is -2.62. The molecule has 2 heterocycles. The van der Waals surface area contributed by atoms with Crippen molar-refractivity contribution in [1.82, 2.24) is 19.6 Å². The molecule has 2 unspecified atom stereocenters. The predicted octanol–water partition coefficient (Wildman–Crippen LogP) is 0.463. The van der Waals surface area contributed by atoms with E-state index >= 15 is 0 Å². The highest BCUT2D eigenvalue weighted by Crippen LogP contribution is 2.58. The fourth-order valence-corrected chi connectivity index (χ4v) is 4.85. The van der Waals surface area contributed by atoms with E-state index < -0.39 is 23.2 Å². The van der Waals surface area contributed by atoms with Crippen LogP contribution in [0, 0.1) is 0 Å². The second kappa shape index (κ2) is 5.64. The maximum Gasteiger partial charge on any atom is 0.337 e. The van der Waals surface area contributed by atoms with Crippen molar-refractivity contribution in [3.8, 4) is 0 Å². The number of hydrogen-bond acceptors (Lipinski definition) is 6. The van der Waals surface area contributed by atoms with Crippen LogP contribution in [0.4, 0.5) is 4.79 Å². The van der Waals surface area contributed by atoms with E-state index in [2.05, 4.69) is 0 Å². The van der Waals surface area contributed by atoms with Gasteiger partial charge in [0.05, 0.1) is 19.4 Å². The van der Waals surface area contributed by atoms with Crippen LogP contribution in [0.15, 0.2) is 42.0 Å². The number of likely N-dealkylation sites (N-methyl/N-ethyl adjacent to an activating group) is 3. The molecule has 2 aliphatic heterocycles. The van der Waals surface area contributed by atoms with Crippen molar-refractivity contribution in [3.63, 3.8) is 0 Å². The largest absolute Gasteiger partial charge is 0.466 e. The molecule has 0 radical (unpaired) electrons. The Balaban J connectivity index is 1.88. The van der Waals surface area contributed by atoms with Gasteiger partial charge in [-0.25, -0.2) is 9.59 Å². The third-order valence-corrected chi connectivity index (χ3v) is 6.01. The van der Waals surface area contributed by atoms with E-state index in [1.54, 1.807) is 13.1 Å². The summed E-state index contributed by atoms with van der Waals surface area (Å²) in [5, 5.41) is 0. The zero-order valence-corrected chi connectivity index (χ0v) is 15.8. The van der Waals surface area contributed by atoms with Crippen molar-refractivity contribution < 1.29 is 19.1 Å². The van der Waals surface area contributed by atoms with Crippen LogP contribution < -0.4 is 0 Å². The third kappa shape index (κ3) is 1.86. The summed E-state index contributed by atoms with van der Waals surface area (Å²) in [7, 11) is 6.22. The summed E-state index contributed by atoms with van der Waals surface area (Å²) >= 11 is 0. The summed E-state index contributed by atoms with van der Waals surface area (Å²) in [6.45, 7) is 0.933. The fraction of sp³-hybridized carbons (Fsp3) is 0.421. The number of benzene rings is 1. The number of hydrogen-bond donors (Lipinski definition) is 0. The zero-order valence-electron chi connectivity index (χ0n) is 15.8. The highest BCUT2D eigenvalue weighted by molar-refractivity contribution is 6.12. The second-order valence-corrected chi connectivity index (χ2v) is 7.22. The van der Waals surface area contributed by atoms with Crippen LogP contribution in [0.2, 0.25) is 0 Å². The minimum absolute atomic E-state index is 0.320. The first-order valence-corrected chi connectivity index (χ1v) is 8.70. The molecule has 2 fully saturated rings. The van der Waals surface area contributed by atoms with Crippen LogP contribution in [0.5, 0.6) is 0 Å². The highest BCUT2D eigenvalue weighted by Gasteiger charge is 2.80. The average Bonchev–Trinajstić information content (AvgIpc) is 2.83. The summed E-state index contributed by atoms with van der Waals surface area (Å²) in [4.78, 5) is 45.0. The molecule has 4 rings (SSSR count). The van der Waals surface area contributed by atoms with Crippen molar-refractivity contribution in [2.75, 3.05) is 34.9 Å². The number of amides is 3. The van der Waals surface area contributed by atoms with Gasteiger partial charge in [-0.05, 0) is 18.7 Å². The van der Waals surface area contributed by atoms with Gasteiger partial charge >= 0.3 is 12.0 Å². The lowest BCUT2D eigenvalue weighted by Crippen LogP contribution is -2.84. The number of methoxy groups -OCH3 is 1. The fourth-order valence-electron chi connectivity index (χ4n) is 4.85. The quantitative estimate of drug-likeness (QED) is 0.720. The van der Waals surface area contributed by atoms with Crippen molar-refractivity contribution >= 4 is 17.9 Å². The summed E-state index contributed by atoms with van der Waals surface area (Å²) < 4.78 is 4.94.